The largest absolute Gasteiger partial charge is 0.617 e. The Labute approximate surface area is 123 Å². The molecule has 1 heterocycles. The maximum atomic E-state index is 13.3. The Morgan fingerprint density at radius 1 is 1.14 bits per heavy atom. The van der Waals surface area contributed by atoms with Gasteiger partial charge in [-0.2, -0.15) is 10.0 Å². The molecule has 0 fully saturated rings. The Morgan fingerprint density at radius 2 is 1.82 bits per heavy atom. The lowest BCUT2D eigenvalue weighted by atomic mass is 10.1. The molecule has 0 N–H and O–H groups in total. The van der Waals surface area contributed by atoms with E-state index in [1.165, 1.54) is 0 Å². The van der Waals surface area contributed by atoms with E-state index in [-0.39, 0.29) is 27.6 Å². The molecule has 0 spiro atoms. The minimum atomic E-state index is -1.22. The highest BCUT2D eigenvalue weighted by molar-refractivity contribution is 6.51. The Bertz CT molecular complexity index is 855. The van der Waals surface area contributed by atoms with Gasteiger partial charge < -0.3 is 10.0 Å². The van der Waals surface area contributed by atoms with Gasteiger partial charge in [0.2, 0.25) is 5.75 Å². The van der Waals surface area contributed by atoms with Gasteiger partial charge in [0, 0.05) is 11.6 Å². The third kappa shape index (κ3) is 2.16. The van der Waals surface area contributed by atoms with Crippen LogP contribution in [0, 0.1) is 28.2 Å². The Morgan fingerprint density at radius 3 is 2.50 bits per heavy atom. The van der Waals surface area contributed by atoms with Crippen molar-refractivity contribution in [1.82, 2.24) is 0 Å². The fourth-order valence-corrected chi connectivity index (χ4v) is 1.99. The molecule has 0 aliphatic carbocycles. The molecule has 0 radical (unpaired) electrons. The zero-order valence-electron chi connectivity index (χ0n) is 11.0. The highest BCUT2D eigenvalue weighted by atomic mass is 19.2. The van der Waals surface area contributed by atoms with Crippen LogP contribution in [0.25, 0.3) is 0 Å². The number of benzene rings is 2. The highest BCUT2D eigenvalue weighted by Gasteiger charge is 2.29. The molecular weight excluding hydrogens is 292 g/mol. The van der Waals surface area contributed by atoms with Crippen LogP contribution in [0.4, 0.5) is 14.5 Å². The molecule has 5 nitrogen and oxygen atoms in total. The summed E-state index contributed by atoms with van der Waals surface area (Å²) in [4.78, 5) is 5.02. The summed E-state index contributed by atoms with van der Waals surface area (Å²) in [6, 6.07) is 11.5. The van der Waals surface area contributed by atoms with Crippen molar-refractivity contribution in [2.75, 3.05) is 0 Å². The van der Waals surface area contributed by atoms with E-state index in [2.05, 4.69) is 5.16 Å². The first kappa shape index (κ1) is 13.7. The van der Waals surface area contributed by atoms with Crippen molar-refractivity contribution >= 4 is 17.1 Å². The summed E-state index contributed by atoms with van der Waals surface area (Å²) in [5.41, 5.74) is -0.259. The van der Waals surface area contributed by atoms with E-state index in [4.69, 9.17) is 4.84 Å². The average Bonchev–Trinajstić information content (AvgIpc) is 2.66. The van der Waals surface area contributed by atoms with Gasteiger partial charge in [0.1, 0.15) is 0 Å². The van der Waals surface area contributed by atoms with E-state index < -0.39 is 11.6 Å². The van der Waals surface area contributed by atoms with E-state index in [0.29, 0.717) is 17.7 Å². The fraction of sp³-hybridized carbons (Fsp3) is 0. The molecule has 3 rings (SSSR count). The van der Waals surface area contributed by atoms with Crippen LogP contribution in [-0.2, 0) is 0 Å². The Balaban J connectivity index is 2.24. The molecule has 0 amide bonds. The zero-order valence-corrected chi connectivity index (χ0v) is 11.0. The lowest BCUT2D eigenvalue weighted by molar-refractivity contribution is -0.357. The van der Waals surface area contributed by atoms with E-state index in [1.807, 2.05) is 0 Å². The predicted molar refractivity (Wildman–Crippen MR) is 73.9 cm³/mol. The van der Waals surface area contributed by atoms with Gasteiger partial charge in [0.15, 0.2) is 23.4 Å². The van der Waals surface area contributed by atoms with Gasteiger partial charge in [-0.3, -0.25) is 0 Å². The number of halogens is 2. The number of rotatable bonds is 1. The minimum Gasteiger partial charge on any atom is -0.617 e. The lowest BCUT2D eigenvalue weighted by Crippen LogP contribution is -2.21. The number of nitriles is 1. The van der Waals surface area contributed by atoms with Crippen LogP contribution in [-0.4, -0.2) is 16.2 Å². The fourth-order valence-electron chi connectivity index (χ4n) is 1.99. The van der Waals surface area contributed by atoms with Crippen molar-refractivity contribution in [3.05, 3.63) is 64.9 Å². The van der Waals surface area contributed by atoms with E-state index in [1.54, 1.807) is 36.4 Å². The van der Waals surface area contributed by atoms with Crippen molar-refractivity contribution in [2.45, 2.75) is 0 Å². The molecule has 108 valence electrons. The van der Waals surface area contributed by atoms with Crippen molar-refractivity contribution in [3.63, 3.8) is 0 Å². The summed E-state index contributed by atoms with van der Waals surface area (Å²) in [6.07, 6.45) is 0. The van der Waals surface area contributed by atoms with Gasteiger partial charge >= 0.3 is 5.71 Å². The third-order valence-corrected chi connectivity index (χ3v) is 3.04. The molecular formula is C15H7F2N3O2. The molecule has 1 aliphatic heterocycles. The van der Waals surface area contributed by atoms with Crippen LogP contribution in [0.15, 0.2) is 47.6 Å². The SMILES string of the molecule is N#CC1=[N+]([O-])c2cc(F)c(F)cc2ON=C1c1ccccc1. The highest BCUT2D eigenvalue weighted by Crippen LogP contribution is 2.31. The molecule has 0 unspecified atom stereocenters. The molecule has 0 saturated heterocycles. The van der Waals surface area contributed by atoms with Crippen LogP contribution in [0.2, 0.25) is 0 Å². The molecule has 0 atom stereocenters. The molecule has 2 aromatic rings. The average molecular weight is 299 g/mol. The zero-order chi connectivity index (χ0) is 15.7. The summed E-state index contributed by atoms with van der Waals surface area (Å²) in [5, 5.41) is 25.3. The van der Waals surface area contributed by atoms with Gasteiger partial charge in [-0.05, 0) is 0 Å². The smallest absolute Gasteiger partial charge is 0.325 e. The van der Waals surface area contributed by atoms with Crippen LogP contribution in [0.5, 0.6) is 5.75 Å². The number of fused-ring (bicyclic) bond motifs is 1. The second kappa shape index (κ2) is 5.26. The monoisotopic (exact) mass is 299 g/mol. The van der Waals surface area contributed by atoms with Crippen molar-refractivity contribution in [1.29, 1.82) is 5.26 Å². The molecule has 0 bridgehead atoms. The number of oxime groups is 1. The van der Waals surface area contributed by atoms with Gasteiger partial charge in [-0.25, -0.2) is 8.78 Å². The van der Waals surface area contributed by atoms with Crippen LogP contribution < -0.4 is 4.84 Å². The van der Waals surface area contributed by atoms with Crippen LogP contribution in [0.1, 0.15) is 5.56 Å². The molecule has 1 aliphatic rings. The Kier molecular flexibility index (Phi) is 3.27. The van der Waals surface area contributed by atoms with Gasteiger partial charge in [0.25, 0.3) is 5.69 Å². The van der Waals surface area contributed by atoms with Crippen molar-refractivity contribution < 1.29 is 18.4 Å². The second-order valence-electron chi connectivity index (χ2n) is 4.39. The summed E-state index contributed by atoms with van der Waals surface area (Å²) < 4.78 is 26.8. The van der Waals surface area contributed by atoms with Gasteiger partial charge in [-0.15, -0.1) is 0 Å². The summed E-state index contributed by atoms with van der Waals surface area (Å²) in [5.74, 6) is -2.67. The van der Waals surface area contributed by atoms with Crippen LogP contribution in [0.3, 0.4) is 0 Å². The first-order valence-electron chi connectivity index (χ1n) is 6.16. The minimum absolute atomic E-state index is 0.0184. The normalized spacial score (nSPS) is 13.6. The number of hydrogen-bond donors (Lipinski definition) is 0. The molecule has 7 heteroatoms. The third-order valence-electron chi connectivity index (χ3n) is 3.04. The lowest BCUT2D eigenvalue weighted by Gasteiger charge is -2.05. The number of nitrogens with zero attached hydrogens (tertiary/aromatic N) is 3. The molecule has 22 heavy (non-hydrogen) atoms. The topological polar surface area (TPSA) is 71.5 Å². The summed E-state index contributed by atoms with van der Waals surface area (Å²) in [7, 11) is 0. The van der Waals surface area contributed by atoms with Gasteiger partial charge in [-0.1, -0.05) is 35.5 Å². The summed E-state index contributed by atoms with van der Waals surface area (Å²) >= 11 is 0. The van der Waals surface area contributed by atoms with Gasteiger partial charge in [0.05, 0.1) is 6.07 Å². The van der Waals surface area contributed by atoms with Crippen molar-refractivity contribution in [2.24, 2.45) is 5.16 Å². The summed E-state index contributed by atoms with van der Waals surface area (Å²) in [6.45, 7) is 0. The quantitative estimate of drug-likeness (QED) is 0.600. The number of hydrogen-bond acceptors (Lipinski definition) is 4. The van der Waals surface area contributed by atoms with E-state index >= 15 is 0 Å². The standard InChI is InChI=1S/C15H7F2N3O2/c16-10-6-12-14(7-11(10)17)22-19-15(13(8-18)20(12)21)9-4-2-1-3-5-9/h1-7H. The van der Waals surface area contributed by atoms with Crippen molar-refractivity contribution in [3.8, 4) is 11.8 Å². The maximum absolute atomic E-state index is 13.3. The Hall–Kier alpha value is -3.27. The predicted octanol–water partition coefficient (Wildman–Crippen LogP) is 2.87. The second-order valence-corrected chi connectivity index (χ2v) is 4.39. The maximum Gasteiger partial charge on any atom is 0.325 e. The molecule has 2 aromatic carbocycles. The molecule has 0 aromatic heterocycles. The van der Waals surface area contributed by atoms with E-state index in [0.717, 1.165) is 0 Å². The van der Waals surface area contributed by atoms with E-state index in [9.17, 15) is 19.2 Å². The van der Waals surface area contributed by atoms with Crippen LogP contribution >= 0.6 is 0 Å². The first-order valence-corrected chi connectivity index (χ1v) is 6.16. The first-order chi connectivity index (χ1) is 10.6. The molecule has 0 saturated carbocycles.